The highest BCUT2D eigenvalue weighted by Gasteiger charge is 2.14. The zero-order valence-corrected chi connectivity index (χ0v) is 12.0. The van der Waals surface area contributed by atoms with Crippen LogP contribution in [0.4, 0.5) is 5.69 Å². The van der Waals surface area contributed by atoms with E-state index in [4.69, 9.17) is 4.42 Å². The third kappa shape index (κ3) is 3.08. The van der Waals surface area contributed by atoms with Crippen molar-refractivity contribution in [2.24, 2.45) is 0 Å². The SMILES string of the molecule is CCS(=O)(=O)Nc1ccc(C(=O)c2ccoc2C)cc1. The maximum atomic E-state index is 12.2. The number of rotatable bonds is 5. The molecular formula is C14H15NO4S. The van der Waals surface area contributed by atoms with E-state index in [0.29, 0.717) is 22.6 Å². The molecule has 0 saturated heterocycles. The van der Waals surface area contributed by atoms with Gasteiger partial charge in [-0.05, 0) is 44.2 Å². The number of hydrogen-bond donors (Lipinski definition) is 1. The van der Waals surface area contributed by atoms with Gasteiger partial charge in [0.25, 0.3) is 0 Å². The highest BCUT2D eigenvalue weighted by molar-refractivity contribution is 7.92. The number of hydrogen-bond acceptors (Lipinski definition) is 4. The molecule has 20 heavy (non-hydrogen) atoms. The zero-order valence-electron chi connectivity index (χ0n) is 11.2. The van der Waals surface area contributed by atoms with Crippen molar-refractivity contribution < 1.29 is 17.6 Å². The molecule has 2 rings (SSSR count). The summed E-state index contributed by atoms with van der Waals surface area (Å²) in [5.41, 5.74) is 1.42. The standard InChI is InChI=1S/C14H15NO4S/c1-3-20(17,18)15-12-6-4-11(5-7-12)14(16)13-8-9-19-10(13)2/h4-9,15H,3H2,1-2H3. The number of benzene rings is 1. The Labute approximate surface area is 117 Å². The summed E-state index contributed by atoms with van der Waals surface area (Å²) in [7, 11) is -3.31. The third-order valence-corrected chi connectivity index (χ3v) is 4.21. The van der Waals surface area contributed by atoms with Crippen LogP contribution in [0.1, 0.15) is 28.6 Å². The van der Waals surface area contributed by atoms with E-state index in [9.17, 15) is 13.2 Å². The molecule has 0 spiro atoms. The largest absolute Gasteiger partial charge is 0.469 e. The number of nitrogens with one attached hydrogen (secondary N) is 1. The summed E-state index contributed by atoms with van der Waals surface area (Å²) in [5, 5.41) is 0. The summed E-state index contributed by atoms with van der Waals surface area (Å²) in [5.74, 6) is 0.411. The summed E-state index contributed by atoms with van der Waals surface area (Å²) in [6.45, 7) is 3.28. The van der Waals surface area contributed by atoms with E-state index in [2.05, 4.69) is 4.72 Å². The molecule has 0 bridgehead atoms. The smallest absolute Gasteiger partial charge is 0.232 e. The van der Waals surface area contributed by atoms with Crippen LogP contribution < -0.4 is 4.72 Å². The van der Waals surface area contributed by atoms with E-state index < -0.39 is 10.0 Å². The molecule has 1 N–H and O–H groups in total. The van der Waals surface area contributed by atoms with E-state index in [1.54, 1.807) is 44.2 Å². The lowest BCUT2D eigenvalue weighted by Gasteiger charge is -2.06. The molecule has 106 valence electrons. The summed E-state index contributed by atoms with van der Waals surface area (Å²) >= 11 is 0. The van der Waals surface area contributed by atoms with Crippen molar-refractivity contribution in [2.45, 2.75) is 13.8 Å². The number of sulfonamides is 1. The molecule has 0 aliphatic carbocycles. The molecule has 0 radical (unpaired) electrons. The molecule has 1 aromatic heterocycles. The van der Waals surface area contributed by atoms with Gasteiger partial charge in [0, 0.05) is 11.3 Å². The van der Waals surface area contributed by atoms with Crippen LogP contribution in [-0.4, -0.2) is 20.0 Å². The first kappa shape index (κ1) is 14.3. The molecule has 0 saturated carbocycles. The van der Waals surface area contributed by atoms with Crippen molar-refractivity contribution in [2.75, 3.05) is 10.5 Å². The van der Waals surface area contributed by atoms with Crippen LogP contribution in [0.2, 0.25) is 0 Å². The normalized spacial score (nSPS) is 11.3. The van der Waals surface area contributed by atoms with Crippen LogP contribution in [0, 0.1) is 6.92 Å². The van der Waals surface area contributed by atoms with Gasteiger partial charge in [0.05, 0.1) is 17.6 Å². The van der Waals surface area contributed by atoms with E-state index in [-0.39, 0.29) is 11.5 Å². The fourth-order valence-corrected chi connectivity index (χ4v) is 2.36. The fourth-order valence-electron chi connectivity index (χ4n) is 1.72. The minimum absolute atomic E-state index is 0.00188. The molecule has 0 aliphatic rings. The number of anilines is 1. The molecule has 0 fully saturated rings. The Morgan fingerprint density at radius 1 is 1.20 bits per heavy atom. The second kappa shape index (κ2) is 5.50. The predicted octanol–water partition coefficient (Wildman–Crippen LogP) is 2.58. The van der Waals surface area contributed by atoms with Crippen LogP contribution in [0.25, 0.3) is 0 Å². The highest BCUT2D eigenvalue weighted by atomic mass is 32.2. The Morgan fingerprint density at radius 3 is 2.35 bits per heavy atom. The second-order valence-electron chi connectivity index (χ2n) is 4.30. The summed E-state index contributed by atoms with van der Waals surface area (Å²) in [4.78, 5) is 12.2. The minimum Gasteiger partial charge on any atom is -0.469 e. The molecule has 6 heteroatoms. The maximum Gasteiger partial charge on any atom is 0.232 e. The molecule has 5 nitrogen and oxygen atoms in total. The van der Waals surface area contributed by atoms with E-state index >= 15 is 0 Å². The van der Waals surface area contributed by atoms with Gasteiger partial charge in [-0.1, -0.05) is 0 Å². The molecule has 2 aromatic rings. The van der Waals surface area contributed by atoms with Crippen molar-refractivity contribution >= 4 is 21.5 Å². The zero-order chi connectivity index (χ0) is 14.8. The predicted molar refractivity (Wildman–Crippen MR) is 76.4 cm³/mol. The van der Waals surface area contributed by atoms with Gasteiger partial charge in [-0.3, -0.25) is 9.52 Å². The van der Waals surface area contributed by atoms with Crippen LogP contribution in [0.5, 0.6) is 0 Å². The van der Waals surface area contributed by atoms with Crippen LogP contribution >= 0.6 is 0 Å². The van der Waals surface area contributed by atoms with Crippen LogP contribution in [0.15, 0.2) is 41.0 Å². The van der Waals surface area contributed by atoms with Gasteiger partial charge in [-0.2, -0.15) is 0 Å². The van der Waals surface area contributed by atoms with Gasteiger partial charge in [-0.15, -0.1) is 0 Å². The van der Waals surface area contributed by atoms with Crippen molar-refractivity contribution in [3.8, 4) is 0 Å². The summed E-state index contributed by atoms with van der Waals surface area (Å²) in [6.07, 6.45) is 1.46. The van der Waals surface area contributed by atoms with Crippen LogP contribution in [0.3, 0.4) is 0 Å². The van der Waals surface area contributed by atoms with Crippen molar-refractivity contribution in [3.05, 3.63) is 53.5 Å². The monoisotopic (exact) mass is 293 g/mol. The van der Waals surface area contributed by atoms with Gasteiger partial charge in [0.2, 0.25) is 10.0 Å². The Balaban J connectivity index is 2.21. The Bertz CT molecular complexity index is 714. The quantitative estimate of drug-likeness (QED) is 0.860. The second-order valence-corrected chi connectivity index (χ2v) is 6.31. The average molecular weight is 293 g/mol. The van der Waals surface area contributed by atoms with Crippen molar-refractivity contribution in [3.63, 3.8) is 0 Å². The lowest BCUT2D eigenvalue weighted by molar-refractivity contribution is 0.103. The highest BCUT2D eigenvalue weighted by Crippen LogP contribution is 2.17. The van der Waals surface area contributed by atoms with Gasteiger partial charge in [0.15, 0.2) is 5.78 Å². The summed E-state index contributed by atoms with van der Waals surface area (Å²) < 4.78 is 30.4. The molecular weight excluding hydrogens is 278 g/mol. The lowest BCUT2D eigenvalue weighted by atomic mass is 10.0. The number of carbonyl (C=O) groups is 1. The summed E-state index contributed by atoms with van der Waals surface area (Å²) in [6, 6.07) is 7.92. The topological polar surface area (TPSA) is 76.4 Å². The molecule has 0 amide bonds. The van der Waals surface area contributed by atoms with E-state index in [0.717, 1.165) is 0 Å². The van der Waals surface area contributed by atoms with Gasteiger partial charge in [-0.25, -0.2) is 8.42 Å². The minimum atomic E-state index is -3.31. The number of ketones is 1. The Morgan fingerprint density at radius 2 is 1.85 bits per heavy atom. The molecule has 0 atom stereocenters. The van der Waals surface area contributed by atoms with Crippen molar-refractivity contribution in [1.29, 1.82) is 0 Å². The first-order valence-electron chi connectivity index (χ1n) is 6.12. The van der Waals surface area contributed by atoms with Gasteiger partial charge < -0.3 is 4.42 Å². The van der Waals surface area contributed by atoms with Crippen LogP contribution in [-0.2, 0) is 10.0 Å². The van der Waals surface area contributed by atoms with E-state index in [1.165, 1.54) is 6.26 Å². The molecule has 0 unspecified atom stereocenters. The first-order valence-corrected chi connectivity index (χ1v) is 7.77. The lowest BCUT2D eigenvalue weighted by Crippen LogP contribution is -2.14. The first-order chi connectivity index (χ1) is 9.43. The number of carbonyl (C=O) groups excluding carboxylic acids is 1. The Hall–Kier alpha value is -2.08. The number of furan rings is 1. The fraction of sp³-hybridized carbons (Fsp3) is 0.214. The van der Waals surface area contributed by atoms with Crippen molar-refractivity contribution in [1.82, 2.24) is 0 Å². The Kier molecular flexibility index (Phi) is 3.94. The van der Waals surface area contributed by atoms with Gasteiger partial charge in [0.1, 0.15) is 5.76 Å². The molecule has 1 heterocycles. The van der Waals surface area contributed by atoms with E-state index in [1.807, 2.05) is 0 Å². The maximum absolute atomic E-state index is 12.2. The van der Waals surface area contributed by atoms with Gasteiger partial charge >= 0.3 is 0 Å². The molecule has 0 aliphatic heterocycles. The third-order valence-electron chi connectivity index (χ3n) is 2.90. The average Bonchev–Trinajstić information content (AvgIpc) is 2.85. The molecule has 1 aromatic carbocycles. The number of aryl methyl sites for hydroxylation is 1.